The van der Waals surface area contributed by atoms with Crippen molar-refractivity contribution in [3.05, 3.63) is 29.7 Å². The molecule has 116 valence electrons. The van der Waals surface area contributed by atoms with E-state index < -0.39 is 0 Å². The average molecular weight is 298 g/mol. The second-order valence-electron chi connectivity index (χ2n) is 7.42. The van der Waals surface area contributed by atoms with Crippen molar-refractivity contribution < 1.29 is 4.79 Å². The van der Waals surface area contributed by atoms with Crippen LogP contribution in [0, 0.1) is 5.41 Å². The number of amides is 1. The zero-order chi connectivity index (χ0) is 15.5. The van der Waals surface area contributed by atoms with Crippen LogP contribution >= 0.6 is 0 Å². The second-order valence-corrected chi connectivity index (χ2v) is 7.42. The number of anilines is 1. The van der Waals surface area contributed by atoms with Gasteiger partial charge in [0.25, 0.3) is 0 Å². The van der Waals surface area contributed by atoms with Crippen molar-refractivity contribution in [2.24, 2.45) is 11.1 Å². The molecule has 5 heteroatoms. The maximum atomic E-state index is 12.5. The number of nitrogens with two attached hydrogens (primary N) is 1. The monoisotopic (exact) mass is 298 g/mol. The molecule has 1 aliphatic heterocycles. The van der Waals surface area contributed by atoms with Gasteiger partial charge in [-0.1, -0.05) is 13.8 Å². The quantitative estimate of drug-likeness (QED) is 0.946. The Bertz CT molecular complexity index is 757. The van der Waals surface area contributed by atoms with Crippen LogP contribution in [0.1, 0.15) is 50.3 Å². The fourth-order valence-corrected chi connectivity index (χ4v) is 3.39. The molecule has 4 rings (SSSR count). The summed E-state index contributed by atoms with van der Waals surface area (Å²) in [6.45, 7) is 5.45. The first kappa shape index (κ1) is 13.8. The van der Waals surface area contributed by atoms with E-state index in [1.54, 1.807) is 0 Å². The molecule has 1 saturated heterocycles. The van der Waals surface area contributed by atoms with Gasteiger partial charge in [-0.25, -0.2) is 4.98 Å². The number of fused-ring (bicyclic) bond motifs is 1. The zero-order valence-corrected chi connectivity index (χ0v) is 13.2. The first-order valence-electron chi connectivity index (χ1n) is 7.99. The minimum absolute atomic E-state index is 0.0208. The number of nitrogens with zero attached hydrogens (tertiary/aromatic N) is 3. The van der Waals surface area contributed by atoms with Gasteiger partial charge in [0.15, 0.2) is 5.65 Å². The number of aromatic nitrogens is 2. The topological polar surface area (TPSA) is 63.6 Å². The van der Waals surface area contributed by atoms with Gasteiger partial charge in [-0.15, -0.1) is 0 Å². The number of pyridine rings is 1. The molecule has 1 saturated carbocycles. The van der Waals surface area contributed by atoms with Crippen LogP contribution in [-0.2, 0) is 11.3 Å². The highest BCUT2D eigenvalue weighted by molar-refractivity contribution is 5.99. The third-order valence-electron chi connectivity index (χ3n) is 4.67. The van der Waals surface area contributed by atoms with E-state index in [2.05, 4.69) is 31.1 Å². The van der Waals surface area contributed by atoms with Crippen LogP contribution < -0.4 is 10.6 Å². The van der Waals surface area contributed by atoms with Gasteiger partial charge in [0.2, 0.25) is 5.91 Å². The van der Waals surface area contributed by atoms with Gasteiger partial charge >= 0.3 is 0 Å². The smallest absolute Gasteiger partial charge is 0.227 e. The average Bonchev–Trinajstić information content (AvgIpc) is 3.16. The van der Waals surface area contributed by atoms with Crippen molar-refractivity contribution in [2.45, 2.75) is 45.6 Å². The van der Waals surface area contributed by atoms with Crippen LogP contribution in [-0.4, -0.2) is 21.8 Å². The molecular formula is C17H22N4O. The van der Waals surface area contributed by atoms with E-state index in [0.29, 0.717) is 18.9 Å². The predicted octanol–water partition coefficient (Wildman–Crippen LogP) is 2.43. The lowest BCUT2D eigenvalue weighted by Gasteiger charge is -2.21. The fourth-order valence-electron chi connectivity index (χ4n) is 3.39. The van der Waals surface area contributed by atoms with Crippen molar-refractivity contribution >= 4 is 17.2 Å². The van der Waals surface area contributed by atoms with Crippen LogP contribution in [0.5, 0.6) is 0 Å². The molecule has 22 heavy (non-hydrogen) atoms. The molecule has 2 aromatic heterocycles. The van der Waals surface area contributed by atoms with E-state index in [0.717, 1.165) is 23.6 Å². The van der Waals surface area contributed by atoms with E-state index in [-0.39, 0.29) is 11.3 Å². The Morgan fingerprint density at radius 1 is 1.36 bits per heavy atom. The van der Waals surface area contributed by atoms with Crippen molar-refractivity contribution in [2.75, 3.05) is 11.4 Å². The summed E-state index contributed by atoms with van der Waals surface area (Å²) in [7, 11) is 0. The summed E-state index contributed by atoms with van der Waals surface area (Å²) >= 11 is 0. The van der Waals surface area contributed by atoms with Crippen molar-refractivity contribution in [1.29, 1.82) is 0 Å². The first-order valence-corrected chi connectivity index (χ1v) is 7.99. The highest BCUT2D eigenvalue weighted by Gasteiger charge is 2.38. The normalized spacial score (nSPS) is 21.0. The standard InChI is InChI=1S/C17H22N4O/c1-17(2)6-15(22)21(10-17)14-5-12(11-3-4-11)8-20-9-13(7-18)19-16(14)20/h5,8-9,11H,3-4,6-7,10,18H2,1-2H3. The first-order chi connectivity index (χ1) is 10.5. The van der Waals surface area contributed by atoms with E-state index >= 15 is 0 Å². The molecule has 0 radical (unpaired) electrons. The van der Waals surface area contributed by atoms with Gasteiger partial charge in [0.1, 0.15) is 0 Å². The molecule has 2 N–H and O–H groups in total. The highest BCUT2D eigenvalue weighted by Crippen LogP contribution is 2.43. The minimum Gasteiger partial charge on any atom is -0.325 e. The Hall–Kier alpha value is -1.88. The lowest BCUT2D eigenvalue weighted by atomic mass is 9.93. The lowest BCUT2D eigenvalue weighted by molar-refractivity contribution is -0.117. The Morgan fingerprint density at radius 2 is 2.14 bits per heavy atom. The maximum absolute atomic E-state index is 12.5. The molecule has 2 aromatic rings. The van der Waals surface area contributed by atoms with Crippen molar-refractivity contribution in [3.8, 4) is 0 Å². The van der Waals surface area contributed by atoms with E-state index in [1.807, 2.05) is 15.5 Å². The molecule has 1 amide bonds. The van der Waals surface area contributed by atoms with Gasteiger partial charge in [-0.2, -0.15) is 0 Å². The number of hydrogen-bond donors (Lipinski definition) is 1. The number of carbonyl (C=O) groups is 1. The number of hydrogen-bond acceptors (Lipinski definition) is 3. The molecule has 0 aromatic carbocycles. The molecule has 1 aliphatic carbocycles. The molecule has 3 heterocycles. The van der Waals surface area contributed by atoms with Crippen LogP contribution in [0.15, 0.2) is 18.5 Å². The lowest BCUT2D eigenvalue weighted by Crippen LogP contribution is -2.26. The number of rotatable bonds is 3. The molecule has 0 atom stereocenters. The largest absolute Gasteiger partial charge is 0.325 e. The second kappa shape index (κ2) is 4.56. The molecule has 2 fully saturated rings. The summed E-state index contributed by atoms with van der Waals surface area (Å²) in [5.74, 6) is 0.828. The highest BCUT2D eigenvalue weighted by atomic mass is 16.2. The van der Waals surface area contributed by atoms with Crippen LogP contribution in [0.25, 0.3) is 5.65 Å². The Labute approximate surface area is 130 Å². The van der Waals surface area contributed by atoms with E-state index in [4.69, 9.17) is 5.73 Å². The fraction of sp³-hybridized carbons (Fsp3) is 0.529. The summed E-state index contributed by atoms with van der Waals surface area (Å²) in [6.07, 6.45) is 7.20. The summed E-state index contributed by atoms with van der Waals surface area (Å²) in [4.78, 5) is 19.0. The summed E-state index contributed by atoms with van der Waals surface area (Å²) in [6, 6.07) is 2.17. The van der Waals surface area contributed by atoms with Gasteiger partial charge < -0.3 is 15.0 Å². The van der Waals surface area contributed by atoms with E-state index in [1.165, 1.54) is 18.4 Å². The maximum Gasteiger partial charge on any atom is 0.227 e. The predicted molar refractivity (Wildman–Crippen MR) is 85.8 cm³/mol. The molecule has 0 spiro atoms. The Kier molecular flexibility index (Phi) is 2.85. The molecule has 5 nitrogen and oxygen atoms in total. The van der Waals surface area contributed by atoms with Crippen molar-refractivity contribution in [3.63, 3.8) is 0 Å². The summed E-state index contributed by atoms with van der Waals surface area (Å²) in [5.41, 5.74) is 9.72. The number of imidazole rings is 1. The number of carbonyl (C=O) groups excluding carboxylic acids is 1. The van der Waals surface area contributed by atoms with Crippen LogP contribution in [0.3, 0.4) is 0 Å². The van der Waals surface area contributed by atoms with Crippen LogP contribution in [0.4, 0.5) is 5.69 Å². The third kappa shape index (κ3) is 2.20. The third-order valence-corrected chi connectivity index (χ3v) is 4.67. The minimum atomic E-state index is 0.0208. The summed E-state index contributed by atoms with van der Waals surface area (Å²) in [5, 5.41) is 0. The molecule has 0 unspecified atom stereocenters. The van der Waals surface area contributed by atoms with Crippen molar-refractivity contribution in [1.82, 2.24) is 9.38 Å². The van der Waals surface area contributed by atoms with Crippen LogP contribution in [0.2, 0.25) is 0 Å². The van der Waals surface area contributed by atoms with Gasteiger partial charge in [0.05, 0.1) is 11.4 Å². The Balaban J connectivity index is 1.87. The Morgan fingerprint density at radius 3 is 2.73 bits per heavy atom. The molecule has 0 bridgehead atoms. The zero-order valence-electron chi connectivity index (χ0n) is 13.2. The SMILES string of the molecule is CC1(C)CC(=O)N(c2cc(C3CC3)cn3cc(CN)nc23)C1. The van der Waals surface area contributed by atoms with Gasteiger partial charge in [-0.3, -0.25) is 4.79 Å². The van der Waals surface area contributed by atoms with Gasteiger partial charge in [-0.05, 0) is 35.8 Å². The molecule has 2 aliphatic rings. The van der Waals surface area contributed by atoms with Gasteiger partial charge in [0, 0.05) is 31.9 Å². The summed E-state index contributed by atoms with van der Waals surface area (Å²) < 4.78 is 2.05. The van der Waals surface area contributed by atoms with E-state index in [9.17, 15) is 4.79 Å². The molecular weight excluding hydrogens is 276 g/mol.